The molecule has 0 spiro atoms. The second-order valence-corrected chi connectivity index (χ2v) is 3.04. The zero-order valence-electron chi connectivity index (χ0n) is 7.97. The zero-order chi connectivity index (χ0) is 10.5. The standard InChI is InChI=1S/C10H10N4O/c15-10-9(7-13-14-10)6-12-5-8-2-1-3-11-4-8/h1-4,6-7,12H,5H2,(H,14,15)/b9-6+. The van der Waals surface area contributed by atoms with Gasteiger partial charge in [-0.1, -0.05) is 6.07 Å². The summed E-state index contributed by atoms with van der Waals surface area (Å²) < 4.78 is 0. The van der Waals surface area contributed by atoms with Gasteiger partial charge < -0.3 is 5.32 Å². The van der Waals surface area contributed by atoms with Crippen molar-refractivity contribution in [3.8, 4) is 0 Å². The molecule has 0 radical (unpaired) electrons. The van der Waals surface area contributed by atoms with E-state index in [0.717, 1.165) is 5.56 Å². The minimum Gasteiger partial charge on any atom is -0.386 e. The molecule has 1 aliphatic heterocycles. The topological polar surface area (TPSA) is 66.4 Å². The summed E-state index contributed by atoms with van der Waals surface area (Å²) in [5, 5.41) is 6.65. The third-order valence-electron chi connectivity index (χ3n) is 1.92. The van der Waals surface area contributed by atoms with Gasteiger partial charge >= 0.3 is 0 Å². The average molecular weight is 202 g/mol. The Morgan fingerprint density at radius 2 is 2.47 bits per heavy atom. The summed E-state index contributed by atoms with van der Waals surface area (Å²) in [7, 11) is 0. The molecular formula is C10H10N4O. The lowest BCUT2D eigenvalue weighted by molar-refractivity contribution is -0.116. The Hall–Kier alpha value is -2.17. The number of rotatable bonds is 3. The molecule has 0 aliphatic carbocycles. The first-order valence-corrected chi connectivity index (χ1v) is 4.52. The fourth-order valence-corrected chi connectivity index (χ4v) is 1.17. The van der Waals surface area contributed by atoms with E-state index in [1.54, 1.807) is 18.6 Å². The quantitative estimate of drug-likeness (QED) is 0.687. The molecule has 0 fully saturated rings. The predicted molar refractivity (Wildman–Crippen MR) is 55.8 cm³/mol. The van der Waals surface area contributed by atoms with Crippen LogP contribution < -0.4 is 10.7 Å². The van der Waals surface area contributed by atoms with Crippen LogP contribution in [-0.2, 0) is 11.3 Å². The maximum atomic E-state index is 11.1. The summed E-state index contributed by atoms with van der Waals surface area (Å²) in [5.41, 5.74) is 3.91. The van der Waals surface area contributed by atoms with Crippen molar-refractivity contribution in [3.05, 3.63) is 41.9 Å². The minimum absolute atomic E-state index is 0.186. The summed E-state index contributed by atoms with van der Waals surface area (Å²) in [6.07, 6.45) is 6.62. The second kappa shape index (κ2) is 4.36. The number of hydrogen-bond donors (Lipinski definition) is 2. The van der Waals surface area contributed by atoms with E-state index in [1.165, 1.54) is 6.21 Å². The molecule has 0 saturated carbocycles. The summed E-state index contributed by atoms with van der Waals surface area (Å²) in [5.74, 6) is -0.186. The molecule has 2 N–H and O–H groups in total. The van der Waals surface area contributed by atoms with Crippen molar-refractivity contribution < 1.29 is 4.79 Å². The van der Waals surface area contributed by atoms with Gasteiger partial charge in [0.25, 0.3) is 5.91 Å². The second-order valence-electron chi connectivity index (χ2n) is 3.04. The Kier molecular flexibility index (Phi) is 2.73. The van der Waals surface area contributed by atoms with Crippen molar-refractivity contribution in [3.63, 3.8) is 0 Å². The molecule has 0 unspecified atom stereocenters. The number of pyridine rings is 1. The molecule has 1 aliphatic rings. The first-order valence-electron chi connectivity index (χ1n) is 4.52. The van der Waals surface area contributed by atoms with Crippen molar-refractivity contribution in [1.29, 1.82) is 0 Å². The first-order chi connectivity index (χ1) is 7.36. The monoisotopic (exact) mass is 202 g/mol. The van der Waals surface area contributed by atoms with Crippen molar-refractivity contribution in [2.24, 2.45) is 5.10 Å². The van der Waals surface area contributed by atoms with Gasteiger partial charge in [0.1, 0.15) is 0 Å². The highest BCUT2D eigenvalue weighted by atomic mass is 16.2. The number of carbonyl (C=O) groups is 1. The van der Waals surface area contributed by atoms with Gasteiger partial charge in [0.15, 0.2) is 0 Å². The van der Waals surface area contributed by atoms with Crippen LogP contribution in [0.15, 0.2) is 41.4 Å². The van der Waals surface area contributed by atoms with Gasteiger partial charge in [0.05, 0.1) is 11.8 Å². The summed E-state index contributed by atoms with van der Waals surface area (Å²) in [6.45, 7) is 0.637. The van der Waals surface area contributed by atoms with E-state index in [-0.39, 0.29) is 5.91 Å². The van der Waals surface area contributed by atoms with Crippen molar-refractivity contribution in [2.75, 3.05) is 0 Å². The molecule has 15 heavy (non-hydrogen) atoms. The van der Waals surface area contributed by atoms with E-state index in [2.05, 4.69) is 20.8 Å². The van der Waals surface area contributed by atoms with Gasteiger partial charge in [-0.2, -0.15) is 5.10 Å². The highest BCUT2D eigenvalue weighted by Crippen LogP contribution is 1.97. The molecular weight excluding hydrogens is 192 g/mol. The Balaban J connectivity index is 1.90. The van der Waals surface area contributed by atoms with E-state index < -0.39 is 0 Å². The van der Waals surface area contributed by atoms with Crippen LogP contribution >= 0.6 is 0 Å². The molecule has 1 aromatic heterocycles. The van der Waals surface area contributed by atoms with E-state index >= 15 is 0 Å². The van der Waals surface area contributed by atoms with E-state index in [4.69, 9.17) is 0 Å². The predicted octanol–water partition coefficient (Wildman–Crippen LogP) is 0.171. The molecule has 1 aromatic rings. The Morgan fingerprint density at radius 1 is 1.53 bits per heavy atom. The maximum absolute atomic E-state index is 11.1. The highest BCUT2D eigenvalue weighted by molar-refractivity contribution is 6.15. The van der Waals surface area contributed by atoms with Gasteiger partial charge in [-0.15, -0.1) is 0 Å². The number of nitrogens with one attached hydrogen (secondary N) is 2. The van der Waals surface area contributed by atoms with Crippen LogP contribution in [0.5, 0.6) is 0 Å². The van der Waals surface area contributed by atoms with Crippen LogP contribution in [0.3, 0.4) is 0 Å². The molecule has 0 atom stereocenters. The van der Waals surface area contributed by atoms with Gasteiger partial charge in [0.2, 0.25) is 0 Å². The number of nitrogens with zero attached hydrogens (tertiary/aromatic N) is 2. The number of hydrogen-bond acceptors (Lipinski definition) is 4. The zero-order valence-corrected chi connectivity index (χ0v) is 7.97. The van der Waals surface area contributed by atoms with E-state index in [0.29, 0.717) is 12.1 Å². The van der Waals surface area contributed by atoms with Crippen LogP contribution in [0.1, 0.15) is 5.56 Å². The van der Waals surface area contributed by atoms with Crippen LogP contribution in [0.2, 0.25) is 0 Å². The summed E-state index contributed by atoms with van der Waals surface area (Å²) in [4.78, 5) is 15.0. The fraction of sp³-hybridized carbons (Fsp3) is 0.100. The normalized spacial score (nSPS) is 16.8. The Bertz CT molecular complexity index is 411. The number of hydrazone groups is 1. The van der Waals surface area contributed by atoms with E-state index in [9.17, 15) is 4.79 Å². The van der Waals surface area contributed by atoms with Gasteiger partial charge in [0, 0.05) is 25.1 Å². The van der Waals surface area contributed by atoms with Gasteiger partial charge in [-0.25, -0.2) is 5.43 Å². The molecule has 5 heteroatoms. The van der Waals surface area contributed by atoms with Gasteiger partial charge in [-0.05, 0) is 11.6 Å². The number of amides is 1. The molecule has 0 saturated heterocycles. The maximum Gasteiger partial charge on any atom is 0.274 e. The lowest BCUT2D eigenvalue weighted by atomic mass is 10.3. The van der Waals surface area contributed by atoms with Crippen LogP contribution in [0.25, 0.3) is 0 Å². The smallest absolute Gasteiger partial charge is 0.274 e. The fourth-order valence-electron chi connectivity index (χ4n) is 1.17. The third kappa shape index (κ3) is 2.40. The van der Waals surface area contributed by atoms with Gasteiger partial charge in [-0.3, -0.25) is 9.78 Å². The lowest BCUT2D eigenvalue weighted by Gasteiger charge is -2.00. The largest absolute Gasteiger partial charge is 0.386 e. The van der Waals surface area contributed by atoms with Crippen molar-refractivity contribution in [1.82, 2.24) is 15.7 Å². The summed E-state index contributed by atoms with van der Waals surface area (Å²) in [6, 6.07) is 3.83. The highest BCUT2D eigenvalue weighted by Gasteiger charge is 2.10. The first kappa shape index (κ1) is 9.39. The molecule has 76 valence electrons. The minimum atomic E-state index is -0.186. The molecule has 0 aromatic carbocycles. The molecule has 1 amide bonds. The average Bonchev–Trinajstić information content (AvgIpc) is 2.66. The van der Waals surface area contributed by atoms with Crippen LogP contribution in [0, 0.1) is 0 Å². The van der Waals surface area contributed by atoms with Crippen molar-refractivity contribution >= 4 is 12.1 Å². The third-order valence-corrected chi connectivity index (χ3v) is 1.92. The summed E-state index contributed by atoms with van der Waals surface area (Å²) >= 11 is 0. The SMILES string of the molecule is O=C1NN=C/C1=C\NCc1cccnc1. The number of carbonyl (C=O) groups excluding carboxylic acids is 1. The van der Waals surface area contributed by atoms with Crippen LogP contribution in [0.4, 0.5) is 0 Å². The molecule has 2 heterocycles. The molecule has 5 nitrogen and oxygen atoms in total. The Labute approximate surface area is 86.9 Å². The van der Waals surface area contributed by atoms with Crippen LogP contribution in [-0.4, -0.2) is 17.1 Å². The lowest BCUT2D eigenvalue weighted by Crippen LogP contribution is -2.15. The number of aromatic nitrogens is 1. The van der Waals surface area contributed by atoms with Crippen molar-refractivity contribution in [2.45, 2.75) is 6.54 Å². The molecule has 0 bridgehead atoms. The van der Waals surface area contributed by atoms with E-state index in [1.807, 2.05) is 12.1 Å². The molecule has 2 rings (SSSR count). The Morgan fingerprint density at radius 3 is 3.13 bits per heavy atom.